The minimum absolute atomic E-state index is 0.192. The highest BCUT2D eigenvalue weighted by molar-refractivity contribution is 4.75. The quantitative estimate of drug-likeness (QED) is 0.727. The first-order valence-electron chi connectivity index (χ1n) is 6.80. The maximum Gasteiger partial charge on any atom is 0.0900 e. The lowest BCUT2D eigenvalue weighted by molar-refractivity contribution is -0.0108. The molecule has 1 aliphatic rings. The Morgan fingerprint density at radius 1 is 1.35 bits per heavy atom. The fourth-order valence-electron chi connectivity index (χ4n) is 2.28. The van der Waals surface area contributed by atoms with Crippen LogP contribution in [0.5, 0.6) is 0 Å². The van der Waals surface area contributed by atoms with Crippen LogP contribution in [0.3, 0.4) is 0 Å². The molecule has 1 rings (SSSR count). The second-order valence-corrected chi connectivity index (χ2v) is 5.31. The Hall–Kier alpha value is -0.160. The van der Waals surface area contributed by atoms with E-state index >= 15 is 0 Å². The lowest BCUT2D eigenvalue weighted by atomic mass is 10.1. The van der Waals surface area contributed by atoms with Crippen molar-refractivity contribution in [1.82, 2.24) is 10.2 Å². The van der Waals surface area contributed by atoms with Gasteiger partial charge in [0.2, 0.25) is 0 Å². The average Bonchev–Trinajstić information content (AvgIpc) is 2.54. The van der Waals surface area contributed by atoms with E-state index in [0.29, 0.717) is 19.2 Å². The van der Waals surface area contributed by atoms with E-state index in [9.17, 15) is 5.11 Å². The molecule has 0 aromatic rings. The molecule has 17 heavy (non-hydrogen) atoms. The summed E-state index contributed by atoms with van der Waals surface area (Å²) in [6.45, 7) is 7.35. The van der Waals surface area contributed by atoms with E-state index in [2.05, 4.69) is 17.3 Å². The van der Waals surface area contributed by atoms with Gasteiger partial charge in [-0.05, 0) is 53.2 Å². The molecule has 0 radical (unpaired) electrons. The van der Waals surface area contributed by atoms with Crippen LogP contribution in [-0.2, 0) is 4.74 Å². The SMILES string of the molecule is CC(C)OCC(O)CN(C)C1CCCNCC1. The molecular formula is C13H28N2O2. The third-order valence-electron chi connectivity index (χ3n) is 3.29. The van der Waals surface area contributed by atoms with Gasteiger partial charge in [0.05, 0.1) is 18.8 Å². The summed E-state index contributed by atoms with van der Waals surface area (Å²) in [5.41, 5.74) is 0. The number of hydrogen-bond acceptors (Lipinski definition) is 4. The molecule has 0 aromatic heterocycles. The molecule has 1 aliphatic heterocycles. The van der Waals surface area contributed by atoms with Gasteiger partial charge < -0.3 is 20.1 Å². The molecule has 0 aliphatic carbocycles. The monoisotopic (exact) mass is 244 g/mol. The Bertz CT molecular complexity index is 192. The molecule has 0 amide bonds. The molecule has 1 saturated heterocycles. The van der Waals surface area contributed by atoms with Gasteiger partial charge in [-0.3, -0.25) is 0 Å². The summed E-state index contributed by atoms with van der Waals surface area (Å²) in [6, 6.07) is 0.596. The van der Waals surface area contributed by atoms with E-state index in [1.807, 2.05) is 13.8 Å². The third-order valence-corrected chi connectivity index (χ3v) is 3.29. The van der Waals surface area contributed by atoms with Crippen molar-refractivity contribution in [3.63, 3.8) is 0 Å². The van der Waals surface area contributed by atoms with Gasteiger partial charge in [-0.1, -0.05) is 0 Å². The number of aliphatic hydroxyl groups is 1. The molecule has 2 N–H and O–H groups in total. The lowest BCUT2D eigenvalue weighted by Crippen LogP contribution is -2.39. The fraction of sp³-hybridized carbons (Fsp3) is 1.00. The van der Waals surface area contributed by atoms with Crippen LogP contribution in [0, 0.1) is 0 Å². The summed E-state index contributed by atoms with van der Waals surface area (Å²) < 4.78 is 5.43. The first-order chi connectivity index (χ1) is 8.09. The van der Waals surface area contributed by atoms with Crippen molar-refractivity contribution >= 4 is 0 Å². The second kappa shape index (κ2) is 8.03. The molecule has 1 fully saturated rings. The average molecular weight is 244 g/mol. The Morgan fingerprint density at radius 2 is 2.12 bits per heavy atom. The van der Waals surface area contributed by atoms with Crippen LogP contribution >= 0.6 is 0 Å². The smallest absolute Gasteiger partial charge is 0.0900 e. The highest BCUT2D eigenvalue weighted by Crippen LogP contribution is 2.12. The fourth-order valence-corrected chi connectivity index (χ4v) is 2.28. The lowest BCUT2D eigenvalue weighted by Gasteiger charge is -2.29. The molecule has 0 bridgehead atoms. The molecule has 2 unspecified atom stereocenters. The number of ether oxygens (including phenoxy) is 1. The Kier molecular flexibility index (Phi) is 7.04. The zero-order valence-electron chi connectivity index (χ0n) is 11.5. The van der Waals surface area contributed by atoms with Gasteiger partial charge in [0, 0.05) is 12.6 Å². The van der Waals surface area contributed by atoms with Gasteiger partial charge in [0.15, 0.2) is 0 Å². The number of nitrogens with one attached hydrogen (secondary N) is 1. The number of hydrogen-bond donors (Lipinski definition) is 2. The van der Waals surface area contributed by atoms with Crippen LogP contribution in [0.15, 0.2) is 0 Å². The zero-order valence-corrected chi connectivity index (χ0v) is 11.5. The summed E-state index contributed by atoms with van der Waals surface area (Å²) in [6.07, 6.45) is 3.44. The normalized spacial score (nSPS) is 24.0. The maximum absolute atomic E-state index is 9.89. The van der Waals surface area contributed by atoms with Crippen LogP contribution in [0.2, 0.25) is 0 Å². The summed E-state index contributed by atoms with van der Waals surface area (Å²) >= 11 is 0. The second-order valence-electron chi connectivity index (χ2n) is 5.31. The summed E-state index contributed by atoms with van der Waals surface area (Å²) in [7, 11) is 2.11. The van der Waals surface area contributed by atoms with Crippen molar-refractivity contribution < 1.29 is 9.84 Å². The first kappa shape index (κ1) is 14.9. The van der Waals surface area contributed by atoms with Crippen LogP contribution in [0.25, 0.3) is 0 Å². The number of rotatable bonds is 6. The van der Waals surface area contributed by atoms with E-state index in [1.54, 1.807) is 0 Å². The number of aliphatic hydroxyl groups excluding tert-OH is 1. The van der Waals surface area contributed by atoms with E-state index in [4.69, 9.17) is 4.74 Å². The van der Waals surface area contributed by atoms with Gasteiger partial charge in [-0.25, -0.2) is 0 Å². The minimum atomic E-state index is -0.376. The number of nitrogens with zero attached hydrogens (tertiary/aromatic N) is 1. The Balaban J connectivity index is 2.23. The van der Waals surface area contributed by atoms with Gasteiger partial charge in [0.25, 0.3) is 0 Å². The Morgan fingerprint density at radius 3 is 2.82 bits per heavy atom. The van der Waals surface area contributed by atoms with Gasteiger partial charge >= 0.3 is 0 Å². The third kappa shape index (κ3) is 6.36. The molecule has 0 saturated carbocycles. The summed E-state index contributed by atoms with van der Waals surface area (Å²) in [4.78, 5) is 2.28. The van der Waals surface area contributed by atoms with Crippen LogP contribution in [0.1, 0.15) is 33.1 Å². The van der Waals surface area contributed by atoms with Crippen molar-refractivity contribution in [2.75, 3.05) is 33.3 Å². The van der Waals surface area contributed by atoms with Crippen LogP contribution < -0.4 is 5.32 Å². The molecule has 2 atom stereocenters. The van der Waals surface area contributed by atoms with Crippen molar-refractivity contribution in [2.24, 2.45) is 0 Å². The summed E-state index contributed by atoms with van der Waals surface area (Å²) in [5.74, 6) is 0. The van der Waals surface area contributed by atoms with Crippen molar-refractivity contribution in [1.29, 1.82) is 0 Å². The predicted molar refractivity (Wildman–Crippen MR) is 70.2 cm³/mol. The molecule has 102 valence electrons. The summed E-state index contributed by atoms with van der Waals surface area (Å²) in [5, 5.41) is 13.3. The molecular weight excluding hydrogens is 216 g/mol. The zero-order chi connectivity index (χ0) is 12.7. The first-order valence-corrected chi connectivity index (χ1v) is 6.80. The topological polar surface area (TPSA) is 44.7 Å². The van der Waals surface area contributed by atoms with Crippen LogP contribution in [0.4, 0.5) is 0 Å². The van der Waals surface area contributed by atoms with Gasteiger partial charge in [0.1, 0.15) is 0 Å². The predicted octanol–water partition coefficient (Wildman–Crippen LogP) is 0.846. The molecule has 1 heterocycles. The highest BCUT2D eigenvalue weighted by atomic mass is 16.5. The number of likely N-dealkylation sites (N-methyl/N-ethyl adjacent to an activating group) is 1. The molecule has 4 heteroatoms. The molecule has 0 aromatic carbocycles. The Labute approximate surface area is 105 Å². The van der Waals surface area contributed by atoms with E-state index in [-0.39, 0.29) is 12.2 Å². The van der Waals surface area contributed by atoms with Crippen LogP contribution in [-0.4, -0.2) is 61.5 Å². The van der Waals surface area contributed by atoms with Gasteiger partial charge in [-0.15, -0.1) is 0 Å². The van der Waals surface area contributed by atoms with Crippen molar-refractivity contribution in [3.8, 4) is 0 Å². The van der Waals surface area contributed by atoms with E-state index < -0.39 is 0 Å². The van der Waals surface area contributed by atoms with Crippen molar-refractivity contribution in [3.05, 3.63) is 0 Å². The molecule has 0 spiro atoms. The highest BCUT2D eigenvalue weighted by Gasteiger charge is 2.19. The van der Waals surface area contributed by atoms with E-state index in [0.717, 1.165) is 13.1 Å². The maximum atomic E-state index is 9.89. The van der Waals surface area contributed by atoms with E-state index in [1.165, 1.54) is 19.3 Å². The largest absolute Gasteiger partial charge is 0.389 e. The van der Waals surface area contributed by atoms with Gasteiger partial charge in [-0.2, -0.15) is 0 Å². The van der Waals surface area contributed by atoms with Crippen molar-refractivity contribution in [2.45, 2.75) is 51.4 Å². The minimum Gasteiger partial charge on any atom is -0.389 e. The standard InChI is InChI=1S/C13H28N2O2/c1-11(2)17-10-13(16)9-15(3)12-5-4-7-14-8-6-12/h11-14,16H,4-10H2,1-3H3. The molecule has 4 nitrogen and oxygen atoms in total.